The second-order valence-corrected chi connectivity index (χ2v) is 5.50. The molecular formula is C16H22ClN3. The molecule has 1 N–H and O–H groups in total. The number of hydrogen-bond acceptors (Lipinski definition) is 2. The van der Waals surface area contributed by atoms with E-state index in [2.05, 4.69) is 40.1 Å². The van der Waals surface area contributed by atoms with E-state index in [-0.39, 0.29) is 6.04 Å². The molecule has 2 aromatic rings. The van der Waals surface area contributed by atoms with Gasteiger partial charge in [-0.05, 0) is 37.6 Å². The first-order valence-electron chi connectivity index (χ1n) is 7.09. The number of nitrogens with zero attached hydrogens (tertiary/aromatic N) is 2. The fourth-order valence-electron chi connectivity index (χ4n) is 2.43. The van der Waals surface area contributed by atoms with Crippen LogP contribution in [0.2, 0.25) is 5.02 Å². The Morgan fingerprint density at radius 1 is 1.40 bits per heavy atom. The minimum Gasteiger partial charge on any atom is -0.335 e. The lowest BCUT2D eigenvalue weighted by atomic mass is 10.0. The van der Waals surface area contributed by atoms with Crippen LogP contribution in [0.15, 0.2) is 30.6 Å². The van der Waals surface area contributed by atoms with Gasteiger partial charge in [0, 0.05) is 36.4 Å². The molecule has 1 unspecified atom stereocenters. The quantitative estimate of drug-likeness (QED) is 0.878. The van der Waals surface area contributed by atoms with Gasteiger partial charge in [0.2, 0.25) is 0 Å². The van der Waals surface area contributed by atoms with Crippen LogP contribution in [-0.4, -0.2) is 16.6 Å². The van der Waals surface area contributed by atoms with E-state index in [9.17, 15) is 0 Å². The third-order valence-corrected chi connectivity index (χ3v) is 4.01. The summed E-state index contributed by atoms with van der Waals surface area (Å²) in [6, 6.07) is 6.46. The molecule has 3 nitrogen and oxygen atoms in total. The molecule has 1 atom stereocenters. The van der Waals surface area contributed by atoms with Crippen molar-refractivity contribution >= 4 is 11.6 Å². The number of likely N-dealkylation sites (N-methyl/N-ethyl adjacent to an activating group) is 1. The smallest absolute Gasteiger partial charge is 0.110 e. The zero-order valence-corrected chi connectivity index (χ0v) is 13.1. The molecule has 0 fully saturated rings. The third kappa shape index (κ3) is 3.41. The lowest BCUT2D eigenvalue weighted by molar-refractivity contribution is 0.543. The van der Waals surface area contributed by atoms with E-state index in [1.54, 1.807) is 0 Å². The highest BCUT2D eigenvalue weighted by Gasteiger charge is 2.14. The van der Waals surface area contributed by atoms with Crippen LogP contribution in [0.3, 0.4) is 0 Å². The largest absolute Gasteiger partial charge is 0.335 e. The van der Waals surface area contributed by atoms with Crippen LogP contribution in [0.4, 0.5) is 0 Å². The van der Waals surface area contributed by atoms with Crippen LogP contribution in [0.25, 0.3) is 0 Å². The summed E-state index contributed by atoms with van der Waals surface area (Å²) in [7, 11) is 1.99. The van der Waals surface area contributed by atoms with Crippen LogP contribution in [0, 0.1) is 6.92 Å². The number of halogens is 1. The van der Waals surface area contributed by atoms with Crippen molar-refractivity contribution in [3.05, 3.63) is 52.6 Å². The van der Waals surface area contributed by atoms with Crippen LogP contribution >= 0.6 is 11.6 Å². The van der Waals surface area contributed by atoms with E-state index in [0.717, 1.165) is 35.8 Å². The van der Waals surface area contributed by atoms with Gasteiger partial charge in [-0.15, -0.1) is 0 Å². The molecule has 1 heterocycles. The lowest BCUT2D eigenvalue weighted by Crippen LogP contribution is -2.21. The number of benzene rings is 1. The van der Waals surface area contributed by atoms with E-state index in [0.29, 0.717) is 0 Å². The summed E-state index contributed by atoms with van der Waals surface area (Å²) in [4.78, 5) is 4.48. The first-order valence-corrected chi connectivity index (χ1v) is 7.46. The Kier molecular flexibility index (Phi) is 5.21. The number of aryl methyl sites for hydroxylation is 2. The molecule has 1 aromatic carbocycles. The van der Waals surface area contributed by atoms with Crippen molar-refractivity contribution in [3.8, 4) is 0 Å². The molecule has 20 heavy (non-hydrogen) atoms. The number of nitrogens with one attached hydrogen (secondary N) is 1. The second kappa shape index (κ2) is 6.91. The van der Waals surface area contributed by atoms with E-state index in [4.69, 9.17) is 11.6 Å². The number of rotatable bonds is 6. The first kappa shape index (κ1) is 15.1. The van der Waals surface area contributed by atoms with Gasteiger partial charge in [-0.3, -0.25) is 0 Å². The van der Waals surface area contributed by atoms with E-state index >= 15 is 0 Å². The van der Waals surface area contributed by atoms with Gasteiger partial charge in [-0.2, -0.15) is 0 Å². The van der Waals surface area contributed by atoms with Gasteiger partial charge in [-0.25, -0.2) is 4.98 Å². The van der Waals surface area contributed by atoms with E-state index in [1.165, 1.54) is 5.56 Å². The maximum atomic E-state index is 6.10. The molecule has 0 saturated heterocycles. The Labute approximate surface area is 126 Å². The summed E-state index contributed by atoms with van der Waals surface area (Å²) in [6.45, 7) is 5.24. The number of hydrogen-bond donors (Lipinski definition) is 1. The molecule has 0 aliphatic rings. The standard InChI is InChI=1S/C16H22ClN3/c1-4-8-20-9-7-19-16(20)11-15(18-3)13-5-6-14(17)12(2)10-13/h5-7,9-10,15,18H,4,8,11H2,1-3H3. The summed E-state index contributed by atoms with van der Waals surface area (Å²) in [5.74, 6) is 1.12. The normalized spacial score (nSPS) is 12.6. The Morgan fingerprint density at radius 2 is 2.20 bits per heavy atom. The van der Waals surface area contributed by atoms with Crippen molar-refractivity contribution in [1.82, 2.24) is 14.9 Å². The van der Waals surface area contributed by atoms with Crippen LogP contribution < -0.4 is 5.32 Å². The van der Waals surface area contributed by atoms with Gasteiger partial charge >= 0.3 is 0 Å². The molecule has 0 aliphatic carbocycles. The Morgan fingerprint density at radius 3 is 2.85 bits per heavy atom. The van der Waals surface area contributed by atoms with Crippen molar-refractivity contribution in [2.75, 3.05) is 7.05 Å². The number of aromatic nitrogens is 2. The average Bonchev–Trinajstić information content (AvgIpc) is 2.87. The predicted octanol–water partition coefficient (Wildman–Crippen LogP) is 3.76. The highest BCUT2D eigenvalue weighted by molar-refractivity contribution is 6.31. The summed E-state index contributed by atoms with van der Waals surface area (Å²) >= 11 is 6.10. The SMILES string of the molecule is CCCn1ccnc1CC(NC)c1ccc(Cl)c(C)c1. The highest BCUT2D eigenvalue weighted by Crippen LogP contribution is 2.23. The van der Waals surface area contributed by atoms with Gasteiger partial charge in [0.25, 0.3) is 0 Å². The summed E-state index contributed by atoms with van der Waals surface area (Å²) in [5, 5.41) is 4.19. The third-order valence-electron chi connectivity index (χ3n) is 3.59. The van der Waals surface area contributed by atoms with Crippen molar-refractivity contribution < 1.29 is 0 Å². The Hall–Kier alpha value is -1.32. The van der Waals surface area contributed by atoms with Crippen LogP contribution in [0.1, 0.15) is 36.3 Å². The fourth-order valence-corrected chi connectivity index (χ4v) is 2.55. The predicted molar refractivity (Wildman–Crippen MR) is 84.2 cm³/mol. The maximum Gasteiger partial charge on any atom is 0.110 e. The molecule has 2 rings (SSSR count). The minimum absolute atomic E-state index is 0.254. The second-order valence-electron chi connectivity index (χ2n) is 5.09. The topological polar surface area (TPSA) is 29.9 Å². The van der Waals surface area contributed by atoms with Crippen molar-refractivity contribution in [2.24, 2.45) is 0 Å². The lowest BCUT2D eigenvalue weighted by Gasteiger charge is -2.18. The number of imidazole rings is 1. The fraction of sp³-hybridized carbons (Fsp3) is 0.438. The van der Waals surface area contributed by atoms with Crippen molar-refractivity contribution in [1.29, 1.82) is 0 Å². The van der Waals surface area contributed by atoms with Crippen LogP contribution in [0.5, 0.6) is 0 Å². The molecule has 0 bridgehead atoms. The molecular weight excluding hydrogens is 270 g/mol. The molecule has 0 aliphatic heterocycles. The van der Waals surface area contributed by atoms with E-state index in [1.807, 2.05) is 26.2 Å². The van der Waals surface area contributed by atoms with Gasteiger partial charge < -0.3 is 9.88 Å². The van der Waals surface area contributed by atoms with Gasteiger partial charge in [0.1, 0.15) is 5.82 Å². The molecule has 0 spiro atoms. The van der Waals surface area contributed by atoms with Crippen molar-refractivity contribution in [3.63, 3.8) is 0 Å². The van der Waals surface area contributed by atoms with E-state index < -0.39 is 0 Å². The van der Waals surface area contributed by atoms with Gasteiger partial charge in [0.05, 0.1) is 0 Å². The van der Waals surface area contributed by atoms with Gasteiger partial charge in [-0.1, -0.05) is 30.7 Å². The molecule has 0 radical (unpaired) electrons. The summed E-state index contributed by atoms with van der Waals surface area (Å²) in [5.41, 5.74) is 2.36. The molecule has 1 aromatic heterocycles. The zero-order chi connectivity index (χ0) is 14.5. The zero-order valence-electron chi connectivity index (χ0n) is 12.4. The molecule has 0 amide bonds. The minimum atomic E-state index is 0.254. The average molecular weight is 292 g/mol. The van der Waals surface area contributed by atoms with Gasteiger partial charge in [0.15, 0.2) is 0 Å². The van der Waals surface area contributed by atoms with Crippen LogP contribution in [-0.2, 0) is 13.0 Å². The Balaban J connectivity index is 2.19. The van der Waals surface area contributed by atoms with Crippen molar-refractivity contribution in [2.45, 2.75) is 39.3 Å². The first-order chi connectivity index (χ1) is 9.65. The summed E-state index contributed by atoms with van der Waals surface area (Å²) in [6.07, 6.45) is 5.93. The molecule has 108 valence electrons. The molecule has 4 heteroatoms. The summed E-state index contributed by atoms with van der Waals surface area (Å²) < 4.78 is 2.23. The monoisotopic (exact) mass is 291 g/mol. The molecule has 0 saturated carbocycles. The highest BCUT2D eigenvalue weighted by atomic mass is 35.5. The Bertz CT molecular complexity index is 563. The maximum absolute atomic E-state index is 6.10.